The number of aromatic carboxylic acids is 1. The predicted molar refractivity (Wildman–Crippen MR) is 58.2 cm³/mol. The van der Waals surface area contributed by atoms with Crippen molar-refractivity contribution in [2.75, 3.05) is 0 Å². The Kier molecular flexibility index (Phi) is 3.10. The maximum Gasteiger partial charge on any atom is 0.375 e. The van der Waals surface area contributed by atoms with Gasteiger partial charge in [-0.3, -0.25) is 0 Å². The summed E-state index contributed by atoms with van der Waals surface area (Å²) in [6.45, 7) is 1.72. The number of rotatable bonds is 3. The molecule has 0 amide bonds. The van der Waals surface area contributed by atoms with Gasteiger partial charge in [0.25, 0.3) is 0 Å². The van der Waals surface area contributed by atoms with E-state index in [1.165, 1.54) is 6.07 Å². The molecule has 4 nitrogen and oxygen atoms in total. The van der Waals surface area contributed by atoms with Crippen LogP contribution in [0.3, 0.4) is 0 Å². The summed E-state index contributed by atoms with van der Waals surface area (Å²) in [6, 6.07) is 3.23. The molecule has 0 spiro atoms. The van der Waals surface area contributed by atoms with Gasteiger partial charge in [0.15, 0.2) is 11.6 Å². The Morgan fingerprint density at radius 1 is 1.39 bits per heavy atom. The highest BCUT2D eigenvalue weighted by Gasteiger charge is 2.21. The molecule has 0 bridgehead atoms. The number of benzene rings is 1. The fourth-order valence-electron chi connectivity index (χ4n) is 1.68. The van der Waals surface area contributed by atoms with E-state index in [4.69, 9.17) is 9.63 Å². The van der Waals surface area contributed by atoms with Crippen LogP contribution in [0.15, 0.2) is 22.7 Å². The van der Waals surface area contributed by atoms with Gasteiger partial charge in [-0.15, -0.1) is 0 Å². The maximum atomic E-state index is 13.1. The van der Waals surface area contributed by atoms with Gasteiger partial charge in [0.05, 0.1) is 0 Å². The van der Waals surface area contributed by atoms with Crippen molar-refractivity contribution in [3.63, 3.8) is 0 Å². The molecule has 0 unspecified atom stereocenters. The Hall–Kier alpha value is -2.24. The van der Waals surface area contributed by atoms with Crippen molar-refractivity contribution in [2.45, 2.75) is 13.3 Å². The zero-order valence-corrected chi connectivity index (χ0v) is 9.41. The van der Waals surface area contributed by atoms with Crippen LogP contribution in [-0.2, 0) is 6.42 Å². The molecule has 0 atom stereocenters. The molecule has 2 rings (SSSR count). The van der Waals surface area contributed by atoms with Gasteiger partial charge in [-0.05, 0) is 24.6 Å². The van der Waals surface area contributed by atoms with Crippen LogP contribution in [0.5, 0.6) is 0 Å². The predicted octanol–water partition coefficient (Wildman–Crippen LogP) is 2.88. The standard InChI is InChI=1S/C12H9F2NO3/c1-2-7-10(15-18-11(7)12(16)17)6-3-4-8(13)9(14)5-6/h3-5H,2H2,1H3,(H,16,17). The van der Waals surface area contributed by atoms with E-state index in [0.29, 0.717) is 12.0 Å². The molecule has 1 N–H and O–H groups in total. The SMILES string of the molecule is CCc1c(-c2ccc(F)c(F)c2)noc1C(=O)O. The summed E-state index contributed by atoms with van der Waals surface area (Å²) in [7, 11) is 0. The highest BCUT2D eigenvalue weighted by atomic mass is 19.2. The molecule has 1 aromatic heterocycles. The fraction of sp³-hybridized carbons (Fsp3) is 0.167. The largest absolute Gasteiger partial charge is 0.475 e. The second-order valence-corrected chi connectivity index (χ2v) is 3.63. The molecule has 94 valence electrons. The van der Waals surface area contributed by atoms with Crippen molar-refractivity contribution in [1.82, 2.24) is 5.16 Å². The Balaban J connectivity index is 2.57. The van der Waals surface area contributed by atoms with Crippen LogP contribution < -0.4 is 0 Å². The average Bonchev–Trinajstić information content (AvgIpc) is 2.76. The lowest BCUT2D eigenvalue weighted by atomic mass is 10.0. The topological polar surface area (TPSA) is 63.3 Å². The van der Waals surface area contributed by atoms with Crippen LogP contribution in [0.2, 0.25) is 0 Å². The Labute approximate surface area is 101 Å². The maximum absolute atomic E-state index is 13.1. The van der Waals surface area contributed by atoms with E-state index in [-0.39, 0.29) is 17.0 Å². The molecular formula is C12H9F2NO3. The van der Waals surface area contributed by atoms with Crippen molar-refractivity contribution >= 4 is 5.97 Å². The Morgan fingerprint density at radius 2 is 2.11 bits per heavy atom. The van der Waals surface area contributed by atoms with Crippen molar-refractivity contribution in [3.05, 3.63) is 41.2 Å². The Bertz CT molecular complexity index is 607. The third-order valence-electron chi connectivity index (χ3n) is 2.53. The van der Waals surface area contributed by atoms with E-state index in [1.54, 1.807) is 6.92 Å². The van der Waals surface area contributed by atoms with Gasteiger partial charge in [0.2, 0.25) is 5.76 Å². The van der Waals surface area contributed by atoms with Crippen molar-refractivity contribution < 1.29 is 23.2 Å². The van der Waals surface area contributed by atoms with E-state index in [2.05, 4.69) is 5.16 Å². The molecule has 0 saturated carbocycles. The first-order valence-electron chi connectivity index (χ1n) is 5.21. The highest BCUT2D eigenvalue weighted by molar-refractivity contribution is 5.88. The van der Waals surface area contributed by atoms with Gasteiger partial charge in [-0.2, -0.15) is 0 Å². The first-order chi connectivity index (χ1) is 8.54. The zero-order valence-electron chi connectivity index (χ0n) is 9.41. The van der Waals surface area contributed by atoms with Crippen LogP contribution in [0, 0.1) is 11.6 Å². The molecule has 2 aromatic rings. The molecule has 0 aliphatic rings. The first kappa shape index (κ1) is 12.2. The van der Waals surface area contributed by atoms with E-state index in [9.17, 15) is 13.6 Å². The molecule has 18 heavy (non-hydrogen) atoms. The second-order valence-electron chi connectivity index (χ2n) is 3.63. The summed E-state index contributed by atoms with van der Waals surface area (Å²) >= 11 is 0. The third kappa shape index (κ3) is 1.97. The van der Waals surface area contributed by atoms with Gasteiger partial charge in [-0.1, -0.05) is 12.1 Å². The van der Waals surface area contributed by atoms with Crippen molar-refractivity contribution in [1.29, 1.82) is 0 Å². The fourth-order valence-corrected chi connectivity index (χ4v) is 1.68. The summed E-state index contributed by atoms with van der Waals surface area (Å²) in [5.41, 5.74) is 0.851. The normalized spacial score (nSPS) is 10.6. The quantitative estimate of drug-likeness (QED) is 0.913. The highest BCUT2D eigenvalue weighted by Crippen LogP contribution is 2.27. The van der Waals surface area contributed by atoms with Gasteiger partial charge in [0.1, 0.15) is 5.69 Å². The lowest BCUT2D eigenvalue weighted by Crippen LogP contribution is -1.98. The van der Waals surface area contributed by atoms with Gasteiger partial charge < -0.3 is 9.63 Å². The number of carbonyl (C=O) groups is 1. The molecule has 0 aliphatic heterocycles. The summed E-state index contributed by atoms with van der Waals surface area (Å²) < 4.78 is 30.6. The molecule has 0 radical (unpaired) electrons. The van der Waals surface area contributed by atoms with E-state index in [1.807, 2.05) is 0 Å². The van der Waals surface area contributed by atoms with E-state index >= 15 is 0 Å². The summed E-state index contributed by atoms with van der Waals surface area (Å²) in [4.78, 5) is 10.9. The van der Waals surface area contributed by atoms with Crippen molar-refractivity contribution in [2.24, 2.45) is 0 Å². The minimum atomic E-state index is -1.24. The van der Waals surface area contributed by atoms with Crippen LogP contribution in [-0.4, -0.2) is 16.2 Å². The van der Waals surface area contributed by atoms with Gasteiger partial charge in [-0.25, -0.2) is 13.6 Å². The molecule has 1 heterocycles. The number of hydrogen-bond donors (Lipinski definition) is 1. The number of nitrogens with zero attached hydrogens (tertiary/aromatic N) is 1. The lowest BCUT2D eigenvalue weighted by Gasteiger charge is -2.00. The third-order valence-corrected chi connectivity index (χ3v) is 2.53. The molecule has 0 aliphatic carbocycles. The minimum Gasteiger partial charge on any atom is -0.475 e. The smallest absolute Gasteiger partial charge is 0.375 e. The van der Waals surface area contributed by atoms with Crippen LogP contribution >= 0.6 is 0 Å². The molecular weight excluding hydrogens is 244 g/mol. The van der Waals surface area contributed by atoms with Crippen molar-refractivity contribution in [3.8, 4) is 11.3 Å². The number of aromatic nitrogens is 1. The molecule has 0 fully saturated rings. The van der Waals surface area contributed by atoms with Crippen LogP contribution in [0.25, 0.3) is 11.3 Å². The number of carboxylic acid groups (broad SMARTS) is 1. The summed E-state index contributed by atoms with van der Waals surface area (Å²) in [6.07, 6.45) is 0.361. The average molecular weight is 253 g/mol. The van der Waals surface area contributed by atoms with Gasteiger partial charge >= 0.3 is 5.97 Å². The minimum absolute atomic E-state index is 0.216. The lowest BCUT2D eigenvalue weighted by molar-refractivity contribution is 0.0650. The zero-order chi connectivity index (χ0) is 13.3. The summed E-state index contributed by atoms with van der Waals surface area (Å²) in [5, 5.41) is 12.5. The monoisotopic (exact) mass is 253 g/mol. The summed E-state index contributed by atoms with van der Waals surface area (Å²) in [5.74, 6) is -3.52. The Morgan fingerprint density at radius 3 is 2.67 bits per heavy atom. The van der Waals surface area contributed by atoms with Crippen LogP contribution in [0.4, 0.5) is 8.78 Å². The number of halogens is 2. The van der Waals surface area contributed by atoms with Gasteiger partial charge in [0, 0.05) is 11.1 Å². The van der Waals surface area contributed by atoms with E-state index in [0.717, 1.165) is 12.1 Å². The molecule has 6 heteroatoms. The number of hydrogen-bond acceptors (Lipinski definition) is 3. The molecule has 0 saturated heterocycles. The van der Waals surface area contributed by atoms with E-state index < -0.39 is 17.6 Å². The first-order valence-corrected chi connectivity index (χ1v) is 5.21. The molecule has 1 aromatic carbocycles. The number of carboxylic acids is 1. The van der Waals surface area contributed by atoms with Crippen LogP contribution in [0.1, 0.15) is 23.0 Å². The second kappa shape index (κ2) is 4.56.